The molecule has 0 aromatic heterocycles. The number of rotatable bonds is 2. The molecule has 1 atom stereocenters. The molecule has 0 unspecified atom stereocenters. The van der Waals surface area contributed by atoms with Crippen LogP contribution < -0.4 is 0 Å². The Bertz CT molecular complexity index is 437. The second-order valence-corrected chi connectivity index (χ2v) is 4.77. The van der Waals surface area contributed by atoms with Crippen molar-refractivity contribution in [3.63, 3.8) is 0 Å². The molecule has 1 aromatic rings. The number of halogens is 1. The third kappa shape index (κ3) is 2.25. The molecule has 1 N–H and O–H groups in total. The number of aliphatic hydroxyl groups is 1. The summed E-state index contributed by atoms with van der Waals surface area (Å²) in [5.41, 5.74) is 1.16. The predicted octanol–water partition coefficient (Wildman–Crippen LogP) is 3.10. The van der Waals surface area contributed by atoms with E-state index in [2.05, 4.69) is 15.9 Å². The summed E-state index contributed by atoms with van der Waals surface area (Å²) in [6.45, 7) is 0. The average molecular weight is 281 g/mol. The highest BCUT2D eigenvalue weighted by atomic mass is 79.9. The Morgan fingerprint density at radius 3 is 2.81 bits per heavy atom. The van der Waals surface area contributed by atoms with Crippen LogP contribution in [-0.4, -0.2) is 17.0 Å². The SMILES string of the molecule is O=C(C1=CCCC[C@H]1O)c1ccccc1Br. The minimum atomic E-state index is -0.603. The largest absolute Gasteiger partial charge is 0.388 e. The summed E-state index contributed by atoms with van der Waals surface area (Å²) in [5, 5.41) is 9.79. The van der Waals surface area contributed by atoms with Gasteiger partial charge in [0.15, 0.2) is 5.78 Å². The summed E-state index contributed by atoms with van der Waals surface area (Å²) >= 11 is 3.35. The zero-order valence-electron chi connectivity index (χ0n) is 8.82. The highest BCUT2D eigenvalue weighted by Gasteiger charge is 2.23. The number of benzene rings is 1. The first kappa shape index (κ1) is 11.6. The maximum absolute atomic E-state index is 12.2. The Hall–Kier alpha value is -0.930. The lowest BCUT2D eigenvalue weighted by Gasteiger charge is -2.18. The van der Waals surface area contributed by atoms with Crippen LogP contribution in [0.5, 0.6) is 0 Å². The molecule has 0 bridgehead atoms. The van der Waals surface area contributed by atoms with Crippen LogP contribution in [0.3, 0.4) is 0 Å². The highest BCUT2D eigenvalue weighted by molar-refractivity contribution is 9.10. The quantitative estimate of drug-likeness (QED) is 0.846. The lowest BCUT2D eigenvalue weighted by atomic mass is 9.91. The van der Waals surface area contributed by atoms with Crippen LogP contribution in [0.4, 0.5) is 0 Å². The van der Waals surface area contributed by atoms with E-state index in [-0.39, 0.29) is 5.78 Å². The fraction of sp³-hybridized carbons (Fsp3) is 0.308. The molecular formula is C13H13BrO2. The number of hydrogen-bond acceptors (Lipinski definition) is 2. The van der Waals surface area contributed by atoms with Gasteiger partial charge in [0.1, 0.15) is 0 Å². The van der Waals surface area contributed by atoms with Crippen molar-refractivity contribution >= 4 is 21.7 Å². The molecule has 84 valence electrons. The molecular weight excluding hydrogens is 268 g/mol. The number of carbonyl (C=O) groups excluding carboxylic acids is 1. The zero-order valence-corrected chi connectivity index (χ0v) is 10.4. The number of Topliss-reactive ketones (excluding diaryl/α,β-unsaturated/α-hetero) is 1. The number of aliphatic hydroxyl groups excluding tert-OH is 1. The van der Waals surface area contributed by atoms with Crippen molar-refractivity contribution in [1.29, 1.82) is 0 Å². The maximum Gasteiger partial charge on any atom is 0.192 e. The van der Waals surface area contributed by atoms with Crippen LogP contribution in [0.15, 0.2) is 40.4 Å². The molecule has 2 nitrogen and oxygen atoms in total. The molecule has 0 aliphatic heterocycles. The molecule has 0 amide bonds. The van der Waals surface area contributed by atoms with Gasteiger partial charge in [0.2, 0.25) is 0 Å². The molecule has 16 heavy (non-hydrogen) atoms. The summed E-state index contributed by atoms with van der Waals surface area (Å²) in [5.74, 6) is -0.0697. The number of ketones is 1. The second kappa shape index (κ2) is 4.93. The van der Waals surface area contributed by atoms with Crippen LogP contribution in [-0.2, 0) is 0 Å². The third-order valence-corrected chi connectivity index (χ3v) is 3.48. The van der Waals surface area contributed by atoms with Crippen molar-refractivity contribution in [1.82, 2.24) is 0 Å². The second-order valence-electron chi connectivity index (χ2n) is 3.92. The highest BCUT2D eigenvalue weighted by Crippen LogP contribution is 2.25. The Morgan fingerprint density at radius 2 is 2.12 bits per heavy atom. The molecule has 0 radical (unpaired) electrons. The molecule has 1 aliphatic rings. The average Bonchev–Trinajstić information content (AvgIpc) is 2.29. The molecule has 0 saturated heterocycles. The van der Waals surface area contributed by atoms with Gasteiger partial charge < -0.3 is 5.11 Å². The molecule has 0 heterocycles. The first-order chi connectivity index (χ1) is 7.70. The van der Waals surface area contributed by atoms with Crippen molar-refractivity contribution in [2.24, 2.45) is 0 Å². The van der Waals surface area contributed by atoms with Crippen molar-refractivity contribution in [3.05, 3.63) is 46.0 Å². The smallest absolute Gasteiger partial charge is 0.192 e. The number of allylic oxidation sites excluding steroid dienone is 1. The Labute approximate surface area is 103 Å². The van der Waals surface area contributed by atoms with E-state index in [1.165, 1.54) is 0 Å². The molecule has 0 saturated carbocycles. The Kier molecular flexibility index (Phi) is 3.56. The van der Waals surface area contributed by atoms with Crippen molar-refractivity contribution in [2.75, 3.05) is 0 Å². The Morgan fingerprint density at radius 1 is 1.38 bits per heavy atom. The topological polar surface area (TPSA) is 37.3 Å². The standard InChI is InChI=1S/C13H13BrO2/c14-11-7-3-1-5-9(11)13(16)10-6-2-4-8-12(10)15/h1,3,5-7,12,15H,2,4,8H2/t12-/m1/s1. The normalized spacial score (nSPS) is 20.4. The van der Waals surface area contributed by atoms with Crippen LogP contribution in [0.25, 0.3) is 0 Å². The predicted molar refractivity (Wildman–Crippen MR) is 66.4 cm³/mol. The number of hydrogen-bond donors (Lipinski definition) is 1. The summed E-state index contributed by atoms with van der Waals surface area (Å²) in [7, 11) is 0. The molecule has 0 spiro atoms. The van der Waals surface area contributed by atoms with E-state index in [4.69, 9.17) is 0 Å². The van der Waals surface area contributed by atoms with E-state index >= 15 is 0 Å². The van der Waals surface area contributed by atoms with Gasteiger partial charge in [0.25, 0.3) is 0 Å². The molecule has 3 heteroatoms. The summed E-state index contributed by atoms with van der Waals surface area (Å²) < 4.78 is 0.777. The lowest BCUT2D eigenvalue weighted by Crippen LogP contribution is -2.21. The minimum Gasteiger partial charge on any atom is -0.388 e. The van der Waals surface area contributed by atoms with Crippen molar-refractivity contribution < 1.29 is 9.90 Å². The fourth-order valence-corrected chi connectivity index (χ4v) is 2.37. The van der Waals surface area contributed by atoms with Gasteiger partial charge in [-0.15, -0.1) is 0 Å². The van der Waals surface area contributed by atoms with E-state index in [9.17, 15) is 9.90 Å². The van der Waals surface area contributed by atoms with Crippen molar-refractivity contribution in [3.8, 4) is 0 Å². The molecule has 1 aromatic carbocycles. The van der Waals surface area contributed by atoms with Gasteiger partial charge in [-0.1, -0.05) is 34.1 Å². The minimum absolute atomic E-state index is 0.0697. The summed E-state index contributed by atoms with van der Waals surface area (Å²) in [4.78, 5) is 12.2. The maximum atomic E-state index is 12.2. The van der Waals surface area contributed by atoms with Gasteiger partial charge in [-0.2, -0.15) is 0 Å². The van der Waals surface area contributed by atoms with Gasteiger partial charge >= 0.3 is 0 Å². The van der Waals surface area contributed by atoms with Crippen LogP contribution in [0, 0.1) is 0 Å². The van der Waals surface area contributed by atoms with E-state index in [1.807, 2.05) is 24.3 Å². The van der Waals surface area contributed by atoms with E-state index in [0.717, 1.165) is 17.3 Å². The van der Waals surface area contributed by atoms with Gasteiger partial charge in [0.05, 0.1) is 6.10 Å². The molecule has 0 fully saturated rings. The first-order valence-corrected chi connectivity index (χ1v) is 6.17. The molecule has 1 aliphatic carbocycles. The summed E-state index contributed by atoms with van der Waals surface area (Å²) in [6, 6.07) is 7.30. The van der Waals surface area contributed by atoms with Crippen LogP contribution in [0.2, 0.25) is 0 Å². The zero-order chi connectivity index (χ0) is 11.5. The van der Waals surface area contributed by atoms with Gasteiger partial charge in [0, 0.05) is 15.6 Å². The van der Waals surface area contributed by atoms with Crippen LogP contribution in [0.1, 0.15) is 29.6 Å². The Balaban J connectivity index is 2.32. The first-order valence-electron chi connectivity index (χ1n) is 5.37. The third-order valence-electron chi connectivity index (χ3n) is 2.79. The summed E-state index contributed by atoms with van der Waals surface area (Å²) in [6.07, 6.45) is 3.77. The molecule has 2 rings (SSSR count). The van der Waals surface area contributed by atoms with Gasteiger partial charge in [-0.3, -0.25) is 4.79 Å². The van der Waals surface area contributed by atoms with E-state index < -0.39 is 6.10 Å². The van der Waals surface area contributed by atoms with E-state index in [0.29, 0.717) is 17.6 Å². The fourth-order valence-electron chi connectivity index (χ4n) is 1.91. The monoisotopic (exact) mass is 280 g/mol. The lowest BCUT2D eigenvalue weighted by molar-refractivity contribution is 0.0974. The van der Waals surface area contributed by atoms with Crippen molar-refractivity contribution in [2.45, 2.75) is 25.4 Å². The van der Waals surface area contributed by atoms with Gasteiger partial charge in [-0.05, 0) is 31.4 Å². The van der Waals surface area contributed by atoms with Gasteiger partial charge in [-0.25, -0.2) is 0 Å². The van der Waals surface area contributed by atoms with E-state index in [1.54, 1.807) is 6.07 Å². The number of carbonyl (C=O) groups is 1. The van der Waals surface area contributed by atoms with Crippen LogP contribution >= 0.6 is 15.9 Å².